The summed E-state index contributed by atoms with van der Waals surface area (Å²) in [6.07, 6.45) is 1.65. The monoisotopic (exact) mass is 323 g/mol. The van der Waals surface area contributed by atoms with Crippen LogP contribution in [0.4, 0.5) is 0 Å². The predicted molar refractivity (Wildman–Crippen MR) is 82.2 cm³/mol. The summed E-state index contributed by atoms with van der Waals surface area (Å²) in [6.45, 7) is 4.61. The van der Waals surface area contributed by atoms with E-state index < -0.39 is 10.2 Å². The van der Waals surface area contributed by atoms with E-state index in [1.54, 1.807) is 18.5 Å². The van der Waals surface area contributed by atoms with Crippen LogP contribution in [0.1, 0.15) is 19.8 Å². The summed E-state index contributed by atoms with van der Waals surface area (Å²) < 4.78 is 38.8. The standard InChI is InChI=1S/C13H29N3O4S/c1-12(11-20-3)16(8-9-19-2)21(17,18)15-6-4-13(10-14)5-7-15/h12-13H,4-11,14H2,1-3H3. The smallest absolute Gasteiger partial charge is 0.282 e. The molecule has 126 valence electrons. The zero-order valence-electron chi connectivity index (χ0n) is 13.3. The summed E-state index contributed by atoms with van der Waals surface area (Å²) >= 11 is 0. The van der Waals surface area contributed by atoms with Crippen LogP contribution in [0.15, 0.2) is 0 Å². The Kier molecular flexibility index (Phi) is 8.07. The maximum absolute atomic E-state index is 12.8. The first-order valence-electron chi connectivity index (χ1n) is 7.42. The number of hydrogen-bond donors (Lipinski definition) is 1. The molecule has 1 saturated heterocycles. The molecule has 0 amide bonds. The SMILES string of the molecule is COCCN(C(C)COC)S(=O)(=O)N1CCC(CN)CC1. The van der Waals surface area contributed by atoms with Crippen LogP contribution in [0, 0.1) is 5.92 Å². The van der Waals surface area contributed by atoms with Gasteiger partial charge in [0.15, 0.2) is 0 Å². The van der Waals surface area contributed by atoms with Crippen LogP contribution in [-0.2, 0) is 19.7 Å². The average Bonchev–Trinajstić information content (AvgIpc) is 2.47. The fourth-order valence-electron chi connectivity index (χ4n) is 2.59. The molecule has 0 aromatic rings. The summed E-state index contributed by atoms with van der Waals surface area (Å²) in [5.41, 5.74) is 5.66. The summed E-state index contributed by atoms with van der Waals surface area (Å²) in [7, 11) is -0.342. The second-order valence-corrected chi connectivity index (χ2v) is 7.37. The molecule has 2 N–H and O–H groups in total. The second-order valence-electron chi connectivity index (χ2n) is 5.49. The van der Waals surface area contributed by atoms with Gasteiger partial charge < -0.3 is 15.2 Å². The van der Waals surface area contributed by atoms with Crippen LogP contribution in [-0.4, -0.2) is 76.7 Å². The summed E-state index contributed by atoms with van der Waals surface area (Å²) in [5.74, 6) is 0.431. The summed E-state index contributed by atoms with van der Waals surface area (Å²) in [6, 6.07) is -0.220. The van der Waals surface area contributed by atoms with Gasteiger partial charge in [0.05, 0.1) is 13.2 Å². The Bertz CT molecular complexity index is 383. The topological polar surface area (TPSA) is 85.1 Å². The number of hydrogen-bond acceptors (Lipinski definition) is 5. The van der Waals surface area contributed by atoms with Gasteiger partial charge in [0.25, 0.3) is 10.2 Å². The van der Waals surface area contributed by atoms with E-state index in [1.165, 1.54) is 4.31 Å². The zero-order valence-corrected chi connectivity index (χ0v) is 14.1. The van der Waals surface area contributed by atoms with Crippen molar-refractivity contribution >= 4 is 10.2 Å². The molecule has 0 aromatic heterocycles. The van der Waals surface area contributed by atoms with Gasteiger partial charge >= 0.3 is 0 Å². The first-order valence-corrected chi connectivity index (χ1v) is 8.81. The minimum absolute atomic E-state index is 0.220. The molecule has 0 aromatic carbocycles. The lowest BCUT2D eigenvalue weighted by Crippen LogP contribution is -2.52. The molecule has 1 atom stereocenters. The first kappa shape index (κ1) is 18.8. The molecule has 1 aliphatic rings. The van der Waals surface area contributed by atoms with E-state index in [0.717, 1.165) is 12.8 Å². The van der Waals surface area contributed by atoms with Crippen molar-refractivity contribution in [2.75, 3.05) is 53.6 Å². The van der Waals surface area contributed by atoms with Crippen LogP contribution < -0.4 is 5.73 Å². The van der Waals surface area contributed by atoms with Crippen molar-refractivity contribution in [2.24, 2.45) is 11.7 Å². The number of methoxy groups -OCH3 is 2. The lowest BCUT2D eigenvalue weighted by Gasteiger charge is -2.36. The third-order valence-corrected chi connectivity index (χ3v) is 6.10. The van der Waals surface area contributed by atoms with Crippen molar-refractivity contribution in [1.29, 1.82) is 0 Å². The van der Waals surface area contributed by atoms with E-state index in [9.17, 15) is 8.42 Å². The molecule has 1 heterocycles. The number of nitrogens with two attached hydrogens (primary N) is 1. The molecule has 1 unspecified atom stereocenters. The lowest BCUT2D eigenvalue weighted by atomic mass is 9.99. The van der Waals surface area contributed by atoms with E-state index >= 15 is 0 Å². The molecule has 0 spiro atoms. The van der Waals surface area contributed by atoms with Crippen LogP contribution in [0.25, 0.3) is 0 Å². The molecule has 7 nitrogen and oxygen atoms in total. The minimum Gasteiger partial charge on any atom is -0.383 e. The highest BCUT2D eigenvalue weighted by Gasteiger charge is 2.35. The van der Waals surface area contributed by atoms with E-state index in [-0.39, 0.29) is 6.04 Å². The van der Waals surface area contributed by atoms with Gasteiger partial charge in [-0.2, -0.15) is 17.0 Å². The van der Waals surface area contributed by atoms with E-state index in [0.29, 0.717) is 45.3 Å². The van der Waals surface area contributed by atoms with Gasteiger partial charge in [-0.25, -0.2) is 0 Å². The Morgan fingerprint density at radius 3 is 2.38 bits per heavy atom. The first-order chi connectivity index (χ1) is 9.97. The summed E-state index contributed by atoms with van der Waals surface area (Å²) in [4.78, 5) is 0. The van der Waals surface area contributed by atoms with Crippen LogP contribution >= 0.6 is 0 Å². The molecule has 1 aliphatic heterocycles. The Hall–Kier alpha value is -0.250. The molecule has 1 rings (SSSR count). The normalized spacial score (nSPS) is 20.0. The molecule has 0 radical (unpaired) electrons. The van der Waals surface area contributed by atoms with Crippen molar-refractivity contribution in [3.63, 3.8) is 0 Å². The number of rotatable bonds is 9. The molecule has 1 fully saturated rings. The fraction of sp³-hybridized carbons (Fsp3) is 1.00. The van der Waals surface area contributed by atoms with Gasteiger partial charge in [-0.15, -0.1) is 0 Å². The molecular formula is C13H29N3O4S. The lowest BCUT2D eigenvalue weighted by molar-refractivity contribution is 0.113. The van der Waals surface area contributed by atoms with Crippen molar-refractivity contribution < 1.29 is 17.9 Å². The molecular weight excluding hydrogens is 294 g/mol. The van der Waals surface area contributed by atoms with E-state index in [4.69, 9.17) is 15.2 Å². The molecule has 0 saturated carbocycles. The quantitative estimate of drug-likeness (QED) is 0.640. The van der Waals surface area contributed by atoms with Crippen molar-refractivity contribution in [3.05, 3.63) is 0 Å². The van der Waals surface area contributed by atoms with Gasteiger partial charge in [0.1, 0.15) is 0 Å². The number of nitrogens with zero attached hydrogens (tertiary/aromatic N) is 2. The average molecular weight is 323 g/mol. The molecule has 0 bridgehead atoms. The van der Waals surface area contributed by atoms with Crippen molar-refractivity contribution in [2.45, 2.75) is 25.8 Å². The Balaban J connectivity index is 2.78. The van der Waals surface area contributed by atoms with Crippen LogP contribution in [0.3, 0.4) is 0 Å². The molecule has 21 heavy (non-hydrogen) atoms. The van der Waals surface area contributed by atoms with Crippen molar-refractivity contribution in [3.8, 4) is 0 Å². The van der Waals surface area contributed by atoms with Gasteiger partial charge in [-0.05, 0) is 32.2 Å². The minimum atomic E-state index is -3.48. The van der Waals surface area contributed by atoms with E-state index in [2.05, 4.69) is 0 Å². The van der Waals surface area contributed by atoms with Crippen LogP contribution in [0.2, 0.25) is 0 Å². The molecule has 8 heteroatoms. The number of ether oxygens (including phenoxy) is 2. The van der Waals surface area contributed by atoms with Gasteiger partial charge in [-0.1, -0.05) is 0 Å². The highest BCUT2D eigenvalue weighted by molar-refractivity contribution is 7.86. The van der Waals surface area contributed by atoms with E-state index in [1.807, 2.05) is 6.92 Å². The highest BCUT2D eigenvalue weighted by atomic mass is 32.2. The van der Waals surface area contributed by atoms with Crippen LogP contribution in [0.5, 0.6) is 0 Å². The fourth-order valence-corrected chi connectivity index (χ4v) is 4.38. The number of piperidine rings is 1. The van der Waals surface area contributed by atoms with Gasteiger partial charge in [0, 0.05) is 39.9 Å². The van der Waals surface area contributed by atoms with Gasteiger partial charge in [0.2, 0.25) is 0 Å². The largest absolute Gasteiger partial charge is 0.383 e. The maximum atomic E-state index is 12.8. The van der Waals surface area contributed by atoms with Gasteiger partial charge in [-0.3, -0.25) is 0 Å². The predicted octanol–water partition coefficient (Wildman–Crippen LogP) is -0.115. The Labute approximate surface area is 128 Å². The Morgan fingerprint density at radius 2 is 1.90 bits per heavy atom. The summed E-state index contributed by atoms with van der Waals surface area (Å²) in [5, 5.41) is 0. The zero-order chi connectivity index (χ0) is 15.9. The second kappa shape index (κ2) is 9.02. The third kappa shape index (κ3) is 5.15. The maximum Gasteiger partial charge on any atom is 0.282 e. The highest BCUT2D eigenvalue weighted by Crippen LogP contribution is 2.21. The Morgan fingerprint density at radius 1 is 1.29 bits per heavy atom. The van der Waals surface area contributed by atoms with Crippen molar-refractivity contribution in [1.82, 2.24) is 8.61 Å². The third-order valence-electron chi connectivity index (χ3n) is 3.94. The molecule has 0 aliphatic carbocycles.